The van der Waals surface area contributed by atoms with Crippen LogP contribution in [-0.4, -0.2) is 5.78 Å². The van der Waals surface area contributed by atoms with Crippen LogP contribution in [0.15, 0.2) is 39.3 Å². The predicted molar refractivity (Wildman–Crippen MR) is 71.6 cm³/mol. The summed E-state index contributed by atoms with van der Waals surface area (Å²) in [5.74, 6) is -3.98. The molecule has 0 N–H and O–H groups in total. The molecule has 19 heavy (non-hydrogen) atoms. The van der Waals surface area contributed by atoms with Crippen molar-refractivity contribution in [2.75, 3.05) is 0 Å². The van der Waals surface area contributed by atoms with Gasteiger partial charge in [0.2, 0.25) is 5.78 Å². The molecule has 98 valence electrons. The van der Waals surface area contributed by atoms with Gasteiger partial charge < -0.3 is 0 Å². The molecule has 0 radical (unpaired) electrons. The van der Waals surface area contributed by atoms with Crippen LogP contribution in [0.5, 0.6) is 0 Å². The molecule has 0 aliphatic heterocycles. The van der Waals surface area contributed by atoms with Crippen molar-refractivity contribution >= 4 is 37.6 Å². The van der Waals surface area contributed by atoms with E-state index in [1.54, 1.807) is 0 Å². The standard InChI is InChI=1S/C13H5Br2F3O/c14-6-1-3-9(16)7(5-6)13(19)11-10(17)4-2-8(15)12(11)18/h1-5H. The first-order chi connectivity index (χ1) is 8.91. The van der Waals surface area contributed by atoms with E-state index in [1.165, 1.54) is 12.1 Å². The molecule has 0 atom stereocenters. The molecule has 0 amide bonds. The van der Waals surface area contributed by atoms with Crippen molar-refractivity contribution in [3.8, 4) is 0 Å². The lowest BCUT2D eigenvalue weighted by Crippen LogP contribution is -2.10. The van der Waals surface area contributed by atoms with E-state index in [0.717, 1.165) is 18.2 Å². The molecule has 2 aromatic carbocycles. The summed E-state index contributed by atoms with van der Waals surface area (Å²) in [5, 5.41) is 0. The third kappa shape index (κ3) is 2.74. The number of benzene rings is 2. The monoisotopic (exact) mass is 392 g/mol. The fourth-order valence-corrected chi connectivity index (χ4v) is 2.23. The Morgan fingerprint density at radius 2 is 1.58 bits per heavy atom. The van der Waals surface area contributed by atoms with Crippen LogP contribution in [-0.2, 0) is 0 Å². The van der Waals surface area contributed by atoms with Crippen LogP contribution in [0.4, 0.5) is 13.2 Å². The molecule has 0 aromatic heterocycles. The second-order valence-electron chi connectivity index (χ2n) is 3.67. The van der Waals surface area contributed by atoms with Crippen molar-refractivity contribution in [1.29, 1.82) is 0 Å². The average molecular weight is 394 g/mol. The Morgan fingerprint density at radius 1 is 0.947 bits per heavy atom. The minimum Gasteiger partial charge on any atom is -0.288 e. The molecule has 2 rings (SSSR count). The van der Waals surface area contributed by atoms with Gasteiger partial charge in [-0.2, -0.15) is 0 Å². The highest BCUT2D eigenvalue weighted by Gasteiger charge is 2.23. The minimum absolute atomic E-state index is 0.0624. The molecule has 2 aromatic rings. The second kappa shape index (κ2) is 5.46. The molecule has 6 heteroatoms. The van der Waals surface area contributed by atoms with Crippen molar-refractivity contribution < 1.29 is 18.0 Å². The number of rotatable bonds is 2. The molecule has 0 saturated heterocycles. The van der Waals surface area contributed by atoms with Crippen LogP contribution >= 0.6 is 31.9 Å². The normalized spacial score (nSPS) is 10.6. The lowest BCUT2D eigenvalue weighted by molar-refractivity contribution is 0.102. The van der Waals surface area contributed by atoms with Crippen molar-refractivity contribution in [3.63, 3.8) is 0 Å². The van der Waals surface area contributed by atoms with Gasteiger partial charge in [0, 0.05) is 4.47 Å². The number of hydrogen-bond acceptors (Lipinski definition) is 1. The number of carbonyl (C=O) groups is 1. The highest BCUT2D eigenvalue weighted by Crippen LogP contribution is 2.26. The van der Waals surface area contributed by atoms with Crippen LogP contribution in [0.25, 0.3) is 0 Å². The van der Waals surface area contributed by atoms with Crippen LogP contribution in [0, 0.1) is 17.5 Å². The summed E-state index contributed by atoms with van der Waals surface area (Å²) in [6.45, 7) is 0. The lowest BCUT2D eigenvalue weighted by Gasteiger charge is -2.07. The number of halogens is 5. The minimum atomic E-state index is -1.05. The highest BCUT2D eigenvalue weighted by atomic mass is 79.9. The van der Waals surface area contributed by atoms with Crippen molar-refractivity contribution in [2.45, 2.75) is 0 Å². The summed E-state index contributed by atoms with van der Waals surface area (Å²) in [5.41, 5.74) is -1.18. The third-order valence-corrected chi connectivity index (χ3v) is 3.55. The van der Waals surface area contributed by atoms with Gasteiger partial charge >= 0.3 is 0 Å². The fraction of sp³-hybridized carbons (Fsp3) is 0. The average Bonchev–Trinajstić information content (AvgIpc) is 2.37. The maximum absolute atomic E-state index is 13.8. The molecule has 1 nitrogen and oxygen atoms in total. The maximum Gasteiger partial charge on any atom is 0.201 e. The molecule has 0 aliphatic rings. The molecule has 0 unspecified atom stereocenters. The van der Waals surface area contributed by atoms with E-state index < -0.39 is 34.4 Å². The van der Waals surface area contributed by atoms with Gasteiger partial charge in [0.1, 0.15) is 11.6 Å². The van der Waals surface area contributed by atoms with E-state index in [2.05, 4.69) is 31.9 Å². The largest absolute Gasteiger partial charge is 0.288 e. The highest BCUT2D eigenvalue weighted by molar-refractivity contribution is 9.10. The van der Waals surface area contributed by atoms with Crippen LogP contribution in [0.3, 0.4) is 0 Å². The van der Waals surface area contributed by atoms with E-state index >= 15 is 0 Å². The number of carbonyl (C=O) groups excluding carboxylic acids is 1. The zero-order valence-electron chi connectivity index (χ0n) is 9.18. The Balaban J connectivity index is 2.63. The molecule has 0 spiro atoms. The first-order valence-corrected chi connectivity index (χ1v) is 6.63. The van der Waals surface area contributed by atoms with Crippen LogP contribution in [0.1, 0.15) is 15.9 Å². The summed E-state index contributed by atoms with van der Waals surface area (Å²) in [7, 11) is 0. The number of hydrogen-bond donors (Lipinski definition) is 0. The van der Waals surface area contributed by atoms with Crippen LogP contribution < -0.4 is 0 Å². The number of ketones is 1. The van der Waals surface area contributed by atoms with Gasteiger partial charge in [0.15, 0.2) is 5.82 Å². The van der Waals surface area contributed by atoms with E-state index in [0.29, 0.717) is 4.47 Å². The Bertz CT molecular complexity index is 671. The van der Waals surface area contributed by atoms with E-state index in [1.807, 2.05) is 0 Å². The molecule has 0 bridgehead atoms. The zero-order valence-corrected chi connectivity index (χ0v) is 12.4. The summed E-state index contributed by atoms with van der Waals surface area (Å²) < 4.78 is 41.3. The molecule has 0 saturated carbocycles. The Hall–Kier alpha value is -1.14. The topological polar surface area (TPSA) is 17.1 Å². The quantitative estimate of drug-likeness (QED) is 0.526. The third-order valence-electron chi connectivity index (χ3n) is 2.44. The first kappa shape index (κ1) is 14.3. The van der Waals surface area contributed by atoms with Gasteiger partial charge in [0.25, 0.3) is 0 Å². The van der Waals surface area contributed by atoms with Crippen LogP contribution in [0.2, 0.25) is 0 Å². The van der Waals surface area contributed by atoms with Crippen molar-refractivity contribution in [3.05, 3.63) is 67.9 Å². The van der Waals surface area contributed by atoms with E-state index in [-0.39, 0.29) is 4.47 Å². The molecule has 0 heterocycles. The van der Waals surface area contributed by atoms with Crippen molar-refractivity contribution in [2.24, 2.45) is 0 Å². The SMILES string of the molecule is O=C(c1cc(Br)ccc1F)c1c(F)ccc(Br)c1F. The van der Waals surface area contributed by atoms with Crippen molar-refractivity contribution in [1.82, 2.24) is 0 Å². The lowest BCUT2D eigenvalue weighted by atomic mass is 10.0. The summed E-state index contributed by atoms with van der Waals surface area (Å²) in [4.78, 5) is 12.1. The molecular weight excluding hydrogens is 389 g/mol. The molecule has 0 aliphatic carbocycles. The van der Waals surface area contributed by atoms with Gasteiger partial charge in [0.05, 0.1) is 15.6 Å². The Labute approximate surface area is 123 Å². The summed E-state index contributed by atoms with van der Waals surface area (Å²) in [6.07, 6.45) is 0. The van der Waals surface area contributed by atoms with Gasteiger partial charge in [-0.15, -0.1) is 0 Å². The summed E-state index contributed by atoms with van der Waals surface area (Å²) >= 11 is 5.93. The van der Waals surface area contributed by atoms with Gasteiger partial charge in [-0.1, -0.05) is 15.9 Å². The fourth-order valence-electron chi connectivity index (χ4n) is 1.54. The maximum atomic E-state index is 13.8. The predicted octanol–water partition coefficient (Wildman–Crippen LogP) is 4.86. The van der Waals surface area contributed by atoms with Gasteiger partial charge in [-0.3, -0.25) is 4.79 Å². The van der Waals surface area contributed by atoms with Gasteiger partial charge in [-0.25, -0.2) is 13.2 Å². The summed E-state index contributed by atoms with van der Waals surface area (Å²) in [6, 6.07) is 5.69. The van der Waals surface area contributed by atoms with E-state index in [4.69, 9.17) is 0 Å². The molecule has 0 fully saturated rings. The Morgan fingerprint density at radius 3 is 2.26 bits per heavy atom. The van der Waals surface area contributed by atoms with Gasteiger partial charge in [-0.05, 0) is 46.3 Å². The second-order valence-corrected chi connectivity index (χ2v) is 5.44. The first-order valence-electron chi connectivity index (χ1n) is 5.05. The molecular formula is C13H5Br2F3O. The smallest absolute Gasteiger partial charge is 0.201 e. The van der Waals surface area contributed by atoms with E-state index in [9.17, 15) is 18.0 Å². The zero-order chi connectivity index (χ0) is 14.2. The Kier molecular flexibility index (Phi) is 4.10.